The SMILES string of the molecule is CC(C)(/C=C(\C#N)C(=O)NC1CCC(n2c(=O)n(-c3ccc(Oc4ccccc4)cc3)c3c(N)ncnc32)CC1)N1CCC1. The van der Waals surface area contributed by atoms with Crippen molar-refractivity contribution < 1.29 is 9.53 Å². The number of amides is 1. The van der Waals surface area contributed by atoms with Crippen molar-refractivity contribution >= 4 is 22.9 Å². The Bertz CT molecular complexity index is 1790. The maximum Gasteiger partial charge on any atom is 0.335 e. The van der Waals surface area contributed by atoms with Crippen LogP contribution >= 0.6 is 0 Å². The molecule has 0 atom stereocenters. The third-order valence-corrected chi connectivity index (χ3v) is 8.69. The Labute approximate surface area is 255 Å². The number of rotatable bonds is 8. The highest BCUT2D eigenvalue weighted by atomic mass is 16.5. The Morgan fingerprint density at radius 2 is 1.73 bits per heavy atom. The average molecular weight is 593 g/mol. The summed E-state index contributed by atoms with van der Waals surface area (Å²) in [5.74, 6) is 1.22. The van der Waals surface area contributed by atoms with Crippen molar-refractivity contribution in [1.82, 2.24) is 29.3 Å². The fraction of sp³-hybridized carbons (Fsp3) is 0.364. The summed E-state index contributed by atoms with van der Waals surface area (Å²) in [4.78, 5) is 37.9. The molecule has 0 bridgehead atoms. The summed E-state index contributed by atoms with van der Waals surface area (Å²) in [6.07, 6.45) is 6.91. The molecule has 2 aliphatic rings. The van der Waals surface area contributed by atoms with Crippen molar-refractivity contribution in [2.24, 2.45) is 0 Å². The number of nitrogen functional groups attached to an aromatic ring is 1. The smallest absolute Gasteiger partial charge is 0.335 e. The first kappa shape index (κ1) is 29.1. The predicted molar refractivity (Wildman–Crippen MR) is 167 cm³/mol. The van der Waals surface area contributed by atoms with Gasteiger partial charge in [-0.2, -0.15) is 5.26 Å². The molecule has 2 fully saturated rings. The average Bonchev–Trinajstić information content (AvgIpc) is 3.29. The van der Waals surface area contributed by atoms with Crippen LogP contribution in [0, 0.1) is 11.3 Å². The number of imidazole rings is 1. The van der Waals surface area contributed by atoms with Gasteiger partial charge in [-0.1, -0.05) is 18.2 Å². The minimum atomic E-state index is -0.355. The van der Waals surface area contributed by atoms with Crippen molar-refractivity contribution in [2.75, 3.05) is 18.8 Å². The molecule has 1 saturated carbocycles. The number of benzene rings is 2. The standard InChI is InChI=1S/C33H36N8O3/c1-33(2,39-17-6-18-39)19-22(20-34)31(42)38-23-9-11-25(12-10-23)41-30-28(29(35)36-21-37-30)40(32(41)43)24-13-15-27(16-14-24)44-26-7-4-3-5-8-26/h3-5,7-8,13-16,19,21,23,25H,6,9-12,17-18H2,1-2H3,(H,38,42)(H2,35,36,37)/b22-19+. The molecule has 1 aliphatic heterocycles. The highest BCUT2D eigenvalue weighted by Gasteiger charge is 2.32. The molecule has 226 valence electrons. The topological polar surface area (TPSA) is 144 Å². The number of likely N-dealkylation sites (tertiary alicyclic amines) is 1. The lowest BCUT2D eigenvalue weighted by molar-refractivity contribution is -0.118. The van der Waals surface area contributed by atoms with Gasteiger partial charge < -0.3 is 15.8 Å². The molecule has 0 radical (unpaired) electrons. The maximum absolute atomic E-state index is 14.0. The summed E-state index contributed by atoms with van der Waals surface area (Å²) in [6, 6.07) is 18.6. The first-order chi connectivity index (χ1) is 21.2. The number of aromatic nitrogens is 4. The number of hydrogen-bond donors (Lipinski definition) is 2. The van der Waals surface area contributed by atoms with Crippen LogP contribution in [0.2, 0.25) is 0 Å². The van der Waals surface area contributed by atoms with E-state index in [0.717, 1.165) is 19.5 Å². The number of para-hydroxylation sites is 1. The molecule has 6 rings (SSSR count). The molecule has 1 aliphatic carbocycles. The van der Waals surface area contributed by atoms with E-state index in [-0.39, 0.29) is 40.6 Å². The number of nitriles is 1. The second-order valence-corrected chi connectivity index (χ2v) is 12.0. The van der Waals surface area contributed by atoms with Crippen LogP contribution in [0.3, 0.4) is 0 Å². The Morgan fingerprint density at radius 3 is 2.36 bits per heavy atom. The Balaban J connectivity index is 1.20. The van der Waals surface area contributed by atoms with Gasteiger partial charge in [-0.3, -0.25) is 18.8 Å². The summed E-state index contributed by atoms with van der Waals surface area (Å²) in [5, 5.41) is 12.8. The zero-order chi connectivity index (χ0) is 30.8. The second-order valence-electron chi connectivity index (χ2n) is 12.0. The number of anilines is 1. The molecule has 3 N–H and O–H groups in total. The van der Waals surface area contributed by atoms with Crippen molar-refractivity contribution in [2.45, 2.75) is 63.6 Å². The summed E-state index contributed by atoms with van der Waals surface area (Å²) in [7, 11) is 0. The van der Waals surface area contributed by atoms with Crippen LogP contribution < -0.4 is 21.5 Å². The molecule has 2 aromatic carbocycles. The highest BCUT2D eigenvalue weighted by Crippen LogP contribution is 2.32. The molecule has 0 unspecified atom stereocenters. The third kappa shape index (κ3) is 5.68. The quantitative estimate of drug-likeness (QED) is 0.225. The fourth-order valence-corrected chi connectivity index (χ4v) is 6.15. The molecule has 44 heavy (non-hydrogen) atoms. The van der Waals surface area contributed by atoms with Gasteiger partial charge in [-0.15, -0.1) is 0 Å². The summed E-state index contributed by atoms with van der Waals surface area (Å²) in [6.45, 7) is 5.99. The van der Waals surface area contributed by atoms with E-state index in [1.165, 1.54) is 6.33 Å². The molecule has 0 spiro atoms. The lowest BCUT2D eigenvalue weighted by Crippen LogP contribution is -2.51. The van der Waals surface area contributed by atoms with Crippen LogP contribution in [0.15, 0.2) is 77.4 Å². The van der Waals surface area contributed by atoms with E-state index in [2.05, 4.69) is 26.3 Å². The number of carbonyl (C=O) groups excluding carboxylic acids is 1. The minimum absolute atomic E-state index is 0.0940. The molecule has 11 heteroatoms. The normalized spacial score (nSPS) is 19.2. The van der Waals surface area contributed by atoms with Gasteiger partial charge in [0.2, 0.25) is 0 Å². The number of nitrogens with two attached hydrogens (primary N) is 1. The number of nitrogens with zero attached hydrogens (tertiary/aromatic N) is 6. The second kappa shape index (κ2) is 12.0. The maximum atomic E-state index is 14.0. The van der Waals surface area contributed by atoms with Crippen LogP contribution in [0.25, 0.3) is 16.9 Å². The molecule has 2 aromatic heterocycles. The van der Waals surface area contributed by atoms with Gasteiger partial charge in [0.25, 0.3) is 5.91 Å². The molecule has 4 aromatic rings. The van der Waals surface area contributed by atoms with Gasteiger partial charge >= 0.3 is 5.69 Å². The zero-order valence-corrected chi connectivity index (χ0v) is 24.9. The van der Waals surface area contributed by atoms with Gasteiger partial charge in [0.05, 0.1) is 5.69 Å². The van der Waals surface area contributed by atoms with Crippen LogP contribution in [-0.4, -0.2) is 54.6 Å². The molecule has 1 saturated heterocycles. The van der Waals surface area contributed by atoms with E-state index in [4.69, 9.17) is 10.5 Å². The van der Waals surface area contributed by atoms with Crippen molar-refractivity contribution in [1.29, 1.82) is 5.26 Å². The number of nitrogens with one attached hydrogen (secondary N) is 1. The van der Waals surface area contributed by atoms with Crippen LogP contribution in [0.4, 0.5) is 5.82 Å². The van der Waals surface area contributed by atoms with Crippen LogP contribution in [0.1, 0.15) is 52.0 Å². The Morgan fingerprint density at radius 1 is 1.05 bits per heavy atom. The van der Waals surface area contributed by atoms with Crippen LogP contribution in [-0.2, 0) is 4.79 Å². The van der Waals surface area contributed by atoms with Crippen molar-refractivity contribution in [3.63, 3.8) is 0 Å². The van der Waals surface area contributed by atoms with Gasteiger partial charge in [0.15, 0.2) is 11.5 Å². The summed E-state index contributed by atoms with van der Waals surface area (Å²) >= 11 is 0. The number of carbonyl (C=O) groups is 1. The van der Waals surface area contributed by atoms with Crippen LogP contribution in [0.5, 0.6) is 11.5 Å². The highest BCUT2D eigenvalue weighted by molar-refractivity contribution is 5.97. The van der Waals surface area contributed by atoms with Crippen molar-refractivity contribution in [3.05, 3.63) is 83.1 Å². The van der Waals surface area contributed by atoms with Gasteiger partial charge in [0, 0.05) is 30.7 Å². The summed E-state index contributed by atoms with van der Waals surface area (Å²) in [5.41, 5.74) is 7.39. The first-order valence-corrected chi connectivity index (χ1v) is 15.0. The fourth-order valence-electron chi connectivity index (χ4n) is 6.15. The van der Waals surface area contributed by atoms with E-state index < -0.39 is 0 Å². The molecular formula is C33H36N8O3. The van der Waals surface area contributed by atoms with E-state index in [1.54, 1.807) is 27.3 Å². The number of hydrogen-bond acceptors (Lipinski definition) is 8. The van der Waals surface area contributed by atoms with Gasteiger partial charge in [-0.25, -0.2) is 14.8 Å². The number of ether oxygens (including phenoxy) is 1. The molecular weight excluding hydrogens is 556 g/mol. The minimum Gasteiger partial charge on any atom is -0.457 e. The van der Waals surface area contributed by atoms with E-state index in [9.17, 15) is 14.9 Å². The van der Waals surface area contributed by atoms with E-state index >= 15 is 0 Å². The zero-order valence-electron chi connectivity index (χ0n) is 24.9. The Hall–Kier alpha value is -4.95. The molecule has 3 heterocycles. The Kier molecular flexibility index (Phi) is 7.93. The lowest BCUT2D eigenvalue weighted by Gasteiger charge is -2.43. The molecule has 1 amide bonds. The van der Waals surface area contributed by atoms with E-state index in [1.807, 2.05) is 56.3 Å². The molecule has 11 nitrogen and oxygen atoms in total. The monoisotopic (exact) mass is 592 g/mol. The first-order valence-electron chi connectivity index (χ1n) is 15.0. The van der Waals surface area contributed by atoms with E-state index in [0.29, 0.717) is 54.0 Å². The van der Waals surface area contributed by atoms with Gasteiger partial charge in [-0.05, 0) is 88.4 Å². The van der Waals surface area contributed by atoms with Gasteiger partial charge in [0.1, 0.15) is 35.0 Å². The lowest BCUT2D eigenvalue weighted by atomic mass is 9.90. The number of fused-ring (bicyclic) bond motifs is 1. The third-order valence-electron chi connectivity index (χ3n) is 8.69. The summed E-state index contributed by atoms with van der Waals surface area (Å²) < 4.78 is 9.17. The largest absolute Gasteiger partial charge is 0.457 e. The van der Waals surface area contributed by atoms with Crippen molar-refractivity contribution in [3.8, 4) is 23.3 Å². The predicted octanol–water partition coefficient (Wildman–Crippen LogP) is 4.49.